The van der Waals surface area contributed by atoms with Crippen molar-refractivity contribution in [3.63, 3.8) is 0 Å². The minimum Gasteiger partial charge on any atom is -0.340 e. The van der Waals surface area contributed by atoms with E-state index in [4.69, 9.17) is 23.2 Å². The van der Waals surface area contributed by atoms with Gasteiger partial charge in [-0.05, 0) is 29.8 Å². The number of hydrogen-bond acceptors (Lipinski definition) is 4. The van der Waals surface area contributed by atoms with Crippen molar-refractivity contribution in [3.8, 4) is 0 Å². The van der Waals surface area contributed by atoms with E-state index < -0.39 is 0 Å². The van der Waals surface area contributed by atoms with Gasteiger partial charge in [0.1, 0.15) is 11.0 Å². The highest BCUT2D eigenvalue weighted by atomic mass is 35.5. The van der Waals surface area contributed by atoms with Crippen molar-refractivity contribution < 1.29 is 0 Å². The van der Waals surface area contributed by atoms with Crippen LogP contribution in [-0.2, 0) is 0 Å². The molecule has 0 saturated heterocycles. The van der Waals surface area contributed by atoms with E-state index in [1.165, 1.54) is 0 Å². The molecule has 2 aromatic heterocycles. The zero-order valence-corrected chi connectivity index (χ0v) is 10.5. The van der Waals surface area contributed by atoms with Gasteiger partial charge in [0.2, 0.25) is 5.28 Å². The third-order valence-electron chi connectivity index (χ3n) is 2.38. The van der Waals surface area contributed by atoms with E-state index in [1.54, 1.807) is 12.3 Å². The van der Waals surface area contributed by atoms with Crippen LogP contribution in [0.15, 0.2) is 30.5 Å². The molecule has 0 fully saturated rings. The first-order valence-electron chi connectivity index (χ1n) is 5.11. The van der Waals surface area contributed by atoms with Crippen molar-refractivity contribution in [1.82, 2.24) is 20.2 Å². The molecule has 3 rings (SSSR count). The maximum absolute atomic E-state index is 5.80. The van der Waals surface area contributed by atoms with Gasteiger partial charge >= 0.3 is 0 Å². The van der Waals surface area contributed by atoms with Crippen LogP contribution in [0.25, 0.3) is 10.9 Å². The third kappa shape index (κ3) is 2.23. The molecule has 7 heteroatoms. The van der Waals surface area contributed by atoms with Crippen LogP contribution in [-0.4, -0.2) is 20.2 Å². The number of nitrogens with one attached hydrogen (secondary N) is 2. The molecule has 0 aliphatic heterocycles. The molecule has 18 heavy (non-hydrogen) atoms. The third-order valence-corrected chi connectivity index (χ3v) is 2.74. The monoisotopic (exact) mass is 279 g/mol. The summed E-state index contributed by atoms with van der Waals surface area (Å²) >= 11 is 11.5. The lowest BCUT2D eigenvalue weighted by Gasteiger charge is -2.05. The summed E-state index contributed by atoms with van der Waals surface area (Å²) in [6.45, 7) is 0. The summed E-state index contributed by atoms with van der Waals surface area (Å²) in [6, 6.07) is 7.38. The molecule has 2 N–H and O–H groups in total. The van der Waals surface area contributed by atoms with E-state index in [1.807, 2.05) is 18.2 Å². The molecule has 1 aromatic carbocycles. The average molecular weight is 280 g/mol. The summed E-state index contributed by atoms with van der Waals surface area (Å²) < 4.78 is 0. The van der Waals surface area contributed by atoms with Crippen LogP contribution in [0, 0.1) is 0 Å². The first kappa shape index (κ1) is 11.3. The van der Waals surface area contributed by atoms with Gasteiger partial charge in [0, 0.05) is 17.1 Å². The first-order chi connectivity index (χ1) is 8.70. The van der Waals surface area contributed by atoms with Crippen molar-refractivity contribution in [2.75, 3.05) is 5.32 Å². The van der Waals surface area contributed by atoms with Crippen LogP contribution >= 0.6 is 23.2 Å². The van der Waals surface area contributed by atoms with Gasteiger partial charge in [-0.3, -0.25) is 5.10 Å². The van der Waals surface area contributed by atoms with E-state index in [2.05, 4.69) is 25.5 Å². The van der Waals surface area contributed by atoms with Gasteiger partial charge in [-0.1, -0.05) is 11.6 Å². The fourth-order valence-corrected chi connectivity index (χ4v) is 2.03. The van der Waals surface area contributed by atoms with E-state index >= 15 is 0 Å². The van der Waals surface area contributed by atoms with Gasteiger partial charge in [-0.15, -0.1) is 0 Å². The predicted octanol–water partition coefficient (Wildman–Crippen LogP) is 3.40. The average Bonchev–Trinajstić information content (AvgIpc) is 2.74. The van der Waals surface area contributed by atoms with Gasteiger partial charge in [-0.2, -0.15) is 5.10 Å². The maximum Gasteiger partial charge on any atom is 0.225 e. The number of aromatic nitrogens is 4. The first-order valence-corrected chi connectivity index (χ1v) is 5.86. The fourth-order valence-electron chi connectivity index (χ4n) is 1.62. The molecule has 2 heterocycles. The standard InChI is InChI=1S/C11H7Cl2N5/c12-9-4-10(17-11(13)16-9)15-7-1-2-8-6(3-7)5-14-18-8/h1-5H,(H,14,18)(H,15,16,17). The molecule has 0 amide bonds. The second-order valence-corrected chi connectivity index (χ2v) is 4.37. The van der Waals surface area contributed by atoms with Gasteiger partial charge in [0.25, 0.3) is 0 Å². The molecule has 0 aliphatic carbocycles. The van der Waals surface area contributed by atoms with Gasteiger partial charge in [0.05, 0.1) is 11.7 Å². The Hall–Kier alpha value is -1.85. The SMILES string of the molecule is Clc1cc(Nc2ccc3[nH]ncc3c2)nc(Cl)n1. The molecule has 0 atom stereocenters. The highest BCUT2D eigenvalue weighted by Crippen LogP contribution is 2.22. The number of halogens is 2. The molecule has 3 aromatic rings. The Labute approximate surface area is 112 Å². The summed E-state index contributed by atoms with van der Waals surface area (Å²) in [4.78, 5) is 7.81. The fraction of sp³-hybridized carbons (Fsp3) is 0. The smallest absolute Gasteiger partial charge is 0.225 e. The van der Waals surface area contributed by atoms with E-state index in [9.17, 15) is 0 Å². The van der Waals surface area contributed by atoms with Gasteiger partial charge in [-0.25, -0.2) is 9.97 Å². The molecule has 0 unspecified atom stereocenters. The second kappa shape index (κ2) is 4.44. The van der Waals surface area contributed by atoms with Crippen molar-refractivity contribution in [3.05, 3.63) is 40.9 Å². The molecular formula is C11H7Cl2N5. The number of fused-ring (bicyclic) bond motifs is 1. The van der Waals surface area contributed by atoms with E-state index in [0.29, 0.717) is 11.0 Å². The maximum atomic E-state index is 5.80. The number of H-pyrrole nitrogens is 1. The summed E-state index contributed by atoms with van der Waals surface area (Å²) in [6.07, 6.45) is 1.75. The summed E-state index contributed by atoms with van der Waals surface area (Å²) in [5.41, 5.74) is 1.84. The van der Waals surface area contributed by atoms with Crippen LogP contribution in [0.5, 0.6) is 0 Å². The quantitative estimate of drug-likeness (QED) is 0.557. The Bertz CT molecular complexity index is 689. The minimum atomic E-state index is 0.106. The molecule has 0 aliphatic rings. The number of rotatable bonds is 2. The molecular weight excluding hydrogens is 273 g/mol. The lowest BCUT2D eigenvalue weighted by Crippen LogP contribution is -1.95. The molecule has 0 saturated carbocycles. The van der Waals surface area contributed by atoms with E-state index in [0.717, 1.165) is 16.6 Å². The Morgan fingerprint density at radius 3 is 2.83 bits per heavy atom. The topological polar surface area (TPSA) is 66.5 Å². The van der Waals surface area contributed by atoms with Gasteiger partial charge < -0.3 is 5.32 Å². The molecule has 0 bridgehead atoms. The zero-order valence-electron chi connectivity index (χ0n) is 8.98. The molecule has 0 radical (unpaired) electrons. The van der Waals surface area contributed by atoms with Gasteiger partial charge in [0.15, 0.2) is 0 Å². The number of nitrogens with zero attached hydrogens (tertiary/aromatic N) is 3. The molecule has 5 nitrogen and oxygen atoms in total. The summed E-state index contributed by atoms with van der Waals surface area (Å²) in [7, 11) is 0. The van der Waals surface area contributed by atoms with Crippen molar-refractivity contribution >= 4 is 45.6 Å². The van der Waals surface area contributed by atoms with Crippen LogP contribution in [0.4, 0.5) is 11.5 Å². The lowest BCUT2D eigenvalue weighted by molar-refractivity contribution is 1.12. The van der Waals surface area contributed by atoms with Crippen molar-refractivity contribution in [1.29, 1.82) is 0 Å². The van der Waals surface area contributed by atoms with Crippen molar-refractivity contribution in [2.45, 2.75) is 0 Å². The lowest BCUT2D eigenvalue weighted by atomic mass is 10.2. The molecule has 0 spiro atoms. The Balaban J connectivity index is 1.95. The van der Waals surface area contributed by atoms with Crippen LogP contribution in [0.3, 0.4) is 0 Å². The highest BCUT2D eigenvalue weighted by Gasteiger charge is 2.03. The summed E-state index contributed by atoms with van der Waals surface area (Å²) in [5, 5.41) is 11.4. The predicted molar refractivity (Wildman–Crippen MR) is 71.4 cm³/mol. The normalized spacial score (nSPS) is 10.8. The number of hydrogen-bond donors (Lipinski definition) is 2. The summed E-state index contributed by atoms with van der Waals surface area (Å²) in [5.74, 6) is 0.544. The highest BCUT2D eigenvalue weighted by molar-refractivity contribution is 6.32. The number of aromatic amines is 1. The van der Waals surface area contributed by atoms with Crippen LogP contribution in [0.2, 0.25) is 10.4 Å². The zero-order chi connectivity index (χ0) is 12.5. The Kier molecular flexibility index (Phi) is 2.77. The van der Waals surface area contributed by atoms with E-state index in [-0.39, 0.29) is 5.28 Å². The van der Waals surface area contributed by atoms with Crippen LogP contribution < -0.4 is 5.32 Å². The second-order valence-electron chi connectivity index (χ2n) is 3.64. The van der Waals surface area contributed by atoms with Crippen molar-refractivity contribution in [2.24, 2.45) is 0 Å². The minimum absolute atomic E-state index is 0.106. The molecule has 90 valence electrons. The Morgan fingerprint density at radius 1 is 1.11 bits per heavy atom. The largest absolute Gasteiger partial charge is 0.340 e. The Morgan fingerprint density at radius 2 is 2.00 bits per heavy atom. The number of benzene rings is 1. The number of anilines is 2. The van der Waals surface area contributed by atoms with Crippen LogP contribution in [0.1, 0.15) is 0 Å².